The van der Waals surface area contributed by atoms with Crippen LogP contribution in [-0.4, -0.2) is 25.8 Å². The van der Waals surface area contributed by atoms with E-state index in [1.165, 1.54) is 0 Å². The van der Waals surface area contributed by atoms with Crippen molar-refractivity contribution in [2.24, 2.45) is 0 Å². The van der Waals surface area contributed by atoms with Gasteiger partial charge >= 0.3 is 0 Å². The summed E-state index contributed by atoms with van der Waals surface area (Å²) < 4.78 is 27.7. The van der Waals surface area contributed by atoms with E-state index in [4.69, 9.17) is 11.6 Å². The molecule has 0 unspecified atom stereocenters. The maximum atomic E-state index is 12.5. The van der Waals surface area contributed by atoms with E-state index in [-0.39, 0.29) is 17.3 Å². The molecule has 25 heavy (non-hydrogen) atoms. The van der Waals surface area contributed by atoms with Crippen molar-refractivity contribution < 1.29 is 13.2 Å². The molecule has 2 aromatic rings. The van der Waals surface area contributed by atoms with Crippen LogP contribution in [0.15, 0.2) is 47.4 Å². The molecule has 0 atom stereocenters. The number of nitrogens with one attached hydrogen (secondary N) is 1. The molecule has 0 aromatic heterocycles. The molecule has 132 valence electrons. The van der Waals surface area contributed by atoms with Crippen LogP contribution in [0.3, 0.4) is 0 Å². The lowest BCUT2D eigenvalue weighted by Gasteiger charge is -2.28. The molecule has 7 heteroatoms. The van der Waals surface area contributed by atoms with Gasteiger partial charge in [0.2, 0.25) is 15.9 Å². The summed E-state index contributed by atoms with van der Waals surface area (Å²) in [5.41, 5.74) is 2.81. The van der Waals surface area contributed by atoms with Crippen LogP contribution >= 0.6 is 11.6 Å². The monoisotopic (exact) mass is 378 g/mol. The van der Waals surface area contributed by atoms with Gasteiger partial charge in [0.25, 0.3) is 0 Å². The van der Waals surface area contributed by atoms with Gasteiger partial charge in [-0.15, -0.1) is 0 Å². The summed E-state index contributed by atoms with van der Waals surface area (Å²) in [4.78, 5) is 13.5. The Hall–Kier alpha value is -1.89. The summed E-state index contributed by atoms with van der Waals surface area (Å²) in [6.07, 6.45) is 0.662. The Morgan fingerprint density at radius 1 is 1.16 bits per heavy atom. The summed E-state index contributed by atoms with van der Waals surface area (Å²) >= 11 is 5.83. The van der Waals surface area contributed by atoms with Crippen molar-refractivity contribution in [1.29, 1.82) is 0 Å². The first-order valence-corrected chi connectivity index (χ1v) is 9.83. The molecule has 0 saturated carbocycles. The van der Waals surface area contributed by atoms with Crippen LogP contribution in [0.4, 0.5) is 0 Å². The highest BCUT2D eigenvalue weighted by Crippen LogP contribution is 2.23. The molecule has 3 rings (SSSR count). The number of nitrogens with zero attached hydrogens (tertiary/aromatic N) is 1. The Labute approximate surface area is 152 Å². The molecule has 1 aliphatic rings. The number of sulfonamides is 1. The number of amides is 1. The minimum atomic E-state index is -3.60. The van der Waals surface area contributed by atoms with Crippen LogP contribution in [0.5, 0.6) is 0 Å². The predicted molar refractivity (Wildman–Crippen MR) is 96.7 cm³/mol. The van der Waals surface area contributed by atoms with Gasteiger partial charge in [-0.25, -0.2) is 13.1 Å². The number of rotatable bonds is 4. The second-order valence-electron chi connectivity index (χ2n) is 6.07. The molecule has 0 fully saturated rings. The van der Waals surface area contributed by atoms with Gasteiger partial charge in [0, 0.05) is 31.6 Å². The quantitative estimate of drug-likeness (QED) is 0.889. The van der Waals surface area contributed by atoms with E-state index in [9.17, 15) is 13.2 Å². The molecular formula is C18H19ClN2O3S. The Kier molecular flexibility index (Phi) is 5.13. The molecule has 1 N–H and O–H groups in total. The van der Waals surface area contributed by atoms with E-state index < -0.39 is 10.0 Å². The zero-order valence-corrected chi connectivity index (χ0v) is 15.4. The Bertz CT molecular complexity index is 895. The maximum absolute atomic E-state index is 12.5. The highest BCUT2D eigenvalue weighted by molar-refractivity contribution is 7.89. The smallest absolute Gasteiger partial charge is 0.240 e. The SMILES string of the molecule is CC(=O)N1CCc2cc(S(=O)(=O)NCc3ccc(Cl)cc3)ccc2C1. The lowest BCUT2D eigenvalue weighted by molar-refractivity contribution is -0.129. The van der Waals surface area contributed by atoms with E-state index in [0.29, 0.717) is 24.5 Å². The van der Waals surface area contributed by atoms with Crippen molar-refractivity contribution in [3.63, 3.8) is 0 Å². The van der Waals surface area contributed by atoms with E-state index in [1.54, 1.807) is 54.3 Å². The van der Waals surface area contributed by atoms with Gasteiger partial charge in [-0.05, 0) is 47.4 Å². The van der Waals surface area contributed by atoms with Crippen LogP contribution in [0.25, 0.3) is 0 Å². The summed E-state index contributed by atoms with van der Waals surface area (Å²) in [6, 6.07) is 12.1. The van der Waals surface area contributed by atoms with Crippen LogP contribution in [0.1, 0.15) is 23.6 Å². The molecule has 0 bridgehead atoms. The predicted octanol–water partition coefficient (Wildman–Crippen LogP) is 2.72. The molecular weight excluding hydrogens is 360 g/mol. The van der Waals surface area contributed by atoms with Crippen LogP contribution in [0, 0.1) is 0 Å². The first kappa shape index (κ1) is 17.9. The minimum absolute atomic E-state index is 0.0342. The second-order valence-corrected chi connectivity index (χ2v) is 8.28. The normalized spacial score (nSPS) is 14.2. The number of fused-ring (bicyclic) bond motifs is 1. The fourth-order valence-corrected chi connectivity index (χ4v) is 4.02. The van der Waals surface area contributed by atoms with Crippen molar-refractivity contribution >= 4 is 27.5 Å². The van der Waals surface area contributed by atoms with Crippen LogP contribution in [-0.2, 0) is 34.3 Å². The van der Waals surface area contributed by atoms with E-state index in [1.807, 2.05) is 0 Å². The van der Waals surface area contributed by atoms with Crippen molar-refractivity contribution in [2.45, 2.75) is 31.3 Å². The van der Waals surface area contributed by atoms with E-state index in [0.717, 1.165) is 16.7 Å². The molecule has 0 radical (unpaired) electrons. The Morgan fingerprint density at radius 3 is 2.56 bits per heavy atom. The summed E-state index contributed by atoms with van der Waals surface area (Å²) in [5, 5.41) is 0.612. The third kappa shape index (κ3) is 4.21. The number of halogens is 1. The number of hydrogen-bond acceptors (Lipinski definition) is 3. The van der Waals surface area contributed by atoms with Gasteiger partial charge in [-0.3, -0.25) is 4.79 Å². The fourth-order valence-electron chi connectivity index (χ4n) is 2.83. The topological polar surface area (TPSA) is 66.5 Å². The summed E-state index contributed by atoms with van der Waals surface area (Å²) in [6.45, 7) is 2.90. The maximum Gasteiger partial charge on any atom is 0.240 e. The fraction of sp³-hybridized carbons (Fsp3) is 0.278. The van der Waals surface area contributed by atoms with Crippen molar-refractivity contribution in [3.05, 3.63) is 64.2 Å². The number of carbonyl (C=O) groups is 1. The average molecular weight is 379 g/mol. The average Bonchev–Trinajstić information content (AvgIpc) is 2.60. The van der Waals surface area contributed by atoms with Crippen molar-refractivity contribution in [1.82, 2.24) is 9.62 Å². The highest BCUT2D eigenvalue weighted by atomic mass is 35.5. The Balaban J connectivity index is 1.74. The zero-order valence-electron chi connectivity index (χ0n) is 13.8. The van der Waals surface area contributed by atoms with Gasteiger partial charge < -0.3 is 4.90 Å². The largest absolute Gasteiger partial charge is 0.338 e. The van der Waals surface area contributed by atoms with Gasteiger partial charge in [-0.2, -0.15) is 0 Å². The number of benzene rings is 2. The van der Waals surface area contributed by atoms with Gasteiger partial charge in [-0.1, -0.05) is 29.8 Å². The Morgan fingerprint density at radius 2 is 1.88 bits per heavy atom. The minimum Gasteiger partial charge on any atom is -0.338 e. The van der Waals surface area contributed by atoms with Gasteiger partial charge in [0.05, 0.1) is 4.90 Å². The molecule has 1 heterocycles. The van der Waals surface area contributed by atoms with Gasteiger partial charge in [0.1, 0.15) is 0 Å². The standard InChI is InChI=1S/C18H19ClN2O3S/c1-13(22)21-9-8-15-10-18(7-4-16(15)12-21)25(23,24)20-11-14-2-5-17(19)6-3-14/h2-7,10,20H,8-9,11-12H2,1H3. The summed E-state index contributed by atoms with van der Waals surface area (Å²) in [7, 11) is -3.60. The third-order valence-corrected chi connectivity index (χ3v) is 5.98. The summed E-state index contributed by atoms with van der Waals surface area (Å²) in [5.74, 6) is 0.0342. The molecule has 1 aliphatic heterocycles. The molecule has 1 amide bonds. The third-order valence-electron chi connectivity index (χ3n) is 4.33. The molecule has 0 saturated heterocycles. The first-order valence-electron chi connectivity index (χ1n) is 7.96. The van der Waals surface area contributed by atoms with E-state index in [2.05, 4.69) is 4.72 Å². The zero-order chi connectivity index (χ0) is 18.0. The van der Waals surface area contributed by atoms with Crippen molar-refractivity contribution in [2.75, 3.05) is 6.54 Å². The van der Waals surface area contributed by atoms with Crippen LogP contribution in [0.2, 0.25) is 5.02 Å². The second kappa shape index (κ2) is 7.15. The first-order chi connectivity index (χ1) is 11.8. The van der Waals surface area contributed by atoms with E-state index >= 15 is 0 Å². The number of hydrogen-bond donors (Lipinski definition) is 1. The van der Waals surface area contributed by atoms with Crippen LogP contribution < -0.4 is 4.72 Å². The highest BCUT2D eigenvalue weighted by Gasteiger charge is 2.21. The molecule has 5 nitrogen and oxygen atoms in total. The lowest BCUT2D eigenvalue weighted by atomic mass is 10.00. The molecule has 0 spiro atoms. The van der Waals surface area contributed by atoms with Crippen molar-refractivity contribution in [3.8, 4) is 0 Å². The molecule has 0 aliphatic carbocycles. The number of carbonyl (C=O) groups excluding carboxylic acids is 1. The lowest BCUT2D eigenvalue weighted by Crippen LogP contribution is -2.34. The van der Waals surface area contributed by atoms with Gasteiger partial charge in [0.15, 0.2) is 0 Å². The molecule has 2 aromatic carbocycles.